The number of hydrogen-bond donors (Lipinski definition) is 1. The van der Waals surface area contributed by atoms with Gasteiger partial charge in [0, 0.05) is 19.8 Å². The summed E-state index contributed by atoms with van der Waals surface area (Å²) in [7, 11) is 1.59. The molecule has 3 atom stereocenters. The lowest BCUT2D eigenvalue weighted by Gasteiger charge is -2.34. The predicted molar refractivity (Wildman–Crippen MR) is 82.6 cm³/mol. The monoisotopic (exact) mass is 340 g/mol. The molecule has 1 aliphatic heterocycles. The molecule has 1 aliphatic rings. The number of halogens is 2. The largest absolute Gasteiger partial charge is 0.379 e. The van der Waals surface area contributed by atoms with Crippen molar-refractivity contribution in [1.29, 1.82) is 0 Å². The number of ether oxygens (including phenoxy) is 4. The van der Waals surface area contributed by atoms with Gasteiger partial charge in [0.2, 0.25) is 0 Å². The molecule has 6 nitrogen and oxygen atoms in total. The lowest BCUT2D eigenvalue weighted by molar-refractivity contribution is -0.264. The standard InChI is InChI=1S/C13H22Cl2N2O4/c1-5-19-10(3)8-21-13(20-7-9(2)18-4)16-11(14)6-12(15)17-13/h6,9-10,16H,5,7-8H2,1-4H3. The Bertz CT molecular complexity index is 392. The van der Waals surface area contributed by atoms with Crippen molar-refractivity contribution in [2.75, 3.05) is 26.9 Å². The molecule has 1 N–H and O–H groups in total. The van der Waals surface area contributed by atoms with Gasteiger partial charge in [-0.3, -0.25) is 0 Å². The summed E-state index contributed by atoms with van der Waals surface area (Å²) in [6, 6.07) is -1.47. The Morgan fingerprint density at radius 2 is 1.86 bits per heavy atom. The third kappa shape index (κ3) is 6.50. The van der Waals surface area contributed by atoms with Gasteiger partial charge >= 0.3 is 6.03 Å². The Hall–Kier alpha value is -0.370. The van der Waals surface area contributed by atoms with Crippen LogP contribution in [0.1, 0.15) is 20.8 Å². The Morgan fingerprint density at radius 3 is 2.38 bits per heavy atom. The van der Waals surface area contributed by atoms with Crippen molar-refractivity contribution in [1.82, 2.24) is 5.32 Å². The molecule has 0 aromatic carbocycles. The molecule has 21 heavy (non-hydrogen) atoms. The van der Waals surface area contributed by atoms with E-state index in [1.807, 2.05) is 20.8 Å². The SMILES string of the molecule is CCOC(C)COC1(OCC(C)OC)N=C(Cl)C=C(Cl)N1. The molecule has 3 unspecified atom stereocenters. The van der Waals surface area contributed by atoms with E-state index in [9.17, 15) is 0 Å². The van der Waals surface area contributed by atoms with Crippen LogP contribution in [-0.4, -0.2) is 50.3 Å². The number of allylic oxidation sites excluding steroid dienone is 1. The van der Waals surface area contributed by atoms with E-state index in [1.54, 1.807) is 7.11 Å². The molecule has 1 heterocycles. The first-order chi connectivity index (χ1) is 9.90. The van der Waals surface area contributed by atoms with Gasteiger partial charge < -0.3 is 24.3 Å². The van der Waals surface area contributed by atoms with Gasteiger partial charge in [-0.15, -0.1) is 0 Å². The summed E-state index contributed by atoms with van der Waals surface area (Å²) in [5, 5.41) is 3.31. The van der Waals surface area contributed by atoms with Crippen molar-refractivity contribution in [2.24, 2.45) is 4.99 Å². The summed E-state index contributed by atoms with van der Waals surface area (Å²) in [4.78, 5) is 4.16. The molecule has 0 aromatic rings. The summed E-state index contributed by atoms with van der Waals surface area (Å²) < 4.78 is 21.9. The van der Waals surface area contributed by atoms with E-state index in [4.69, 9.17) is 42.1 Å². The van der Waals surface area contributed by atoms with E-state index in [0.29, 0.717) is 6.61 Å². The van der Waals surface area contributed by atoms with Crippen molar-refractivity contribution < 1.29 is 18.9 Å². The molecule has 0 saturated carbocycles. The highest BCUT2D eigenvalue weighted by molar-refractivity contribution is 6.69. The van der Waals surface area contributed by atoms with Crippen molar-refractivity contribution in [2.45, 2.75) is 39.0 Å². The van der Waals surface area contributed by atoms with Crippen LogP contribution in [0, 0.1) is 0 Å². The molecule has 0 amide bonds. The Labute approximate surface area is 135 Å². The van der Waals surface area contributed by atoms with Gasteiger partial charge in [-0.1, -0.05) is 23.2 Å². The van der Waals surface area contributed by atoms with Gasteiger partial charge in [0.15, 0.2) is 0 Å². The summed E-state index contributed by atoms with van der Waals surface area (Å²) >= 11 is 11.9. The molecule has 0 aromatic heterocycles. The fourth-order valence-electron chi connectivity index (χ4n) is 1.53. The summed E-state index contributed by atoms with van der Waals surface area (Å²) in [5.41, 5.74) is 0. The lowest BCUT2D eigenvalue weighted by atomic mass is 10.4. The van der Waals surface area contributed by atoms with Crippen LogP contribution in [0.25, 0.3) is 0 Å². The minimum absolute atomic E-state index is 0.115. The molecule has 0 fully saturated rings. The number of aliphatic imine (C=N–C) groups is 1. The molecule has 8 heteroatoms. The zero-order valence-electron chi connectivity index (χ0n) is 12.7. The second-order valence-corrected chi connectivity index (χ2v) is 5.36. The van der Waals surface area contributed by atoms with Crippen molar-refractivity contribution in [3.8, 4) is 0 Å². The van der Waals surface area contributed by atoms with Crippen LogP contribution >= 0.6 is 23.2 Å². The van der Waals surface area contributed by atoms with Crippen LogP contribution in [0.15, 0.2) is 16.2 Å². The molecule has 1 rings (SSSR count). The number of hydrogen-bond acceptors (Lipinski definition) is 6. The topological polar surface area (TPSA) is 61.3 Å². The summed E-state index contributed by atoms with van der Waals surface area (Å²) in [5.74, 6) is 0. The zero-order chi connectivity index (χ0) is 15.9. The quantitative estimate of drug-likeness (QED) is 0.515. The molecular weight excluding hydrogens is 319 g/mol. The second-order valence-electron chi connectivity index (χ2n) is 4.57. The molecule has 0 spiro atoms. The average molecular weight is 341 g/mol. The predicted octanol–water partition coefficient (Wildman–Crippen LogP) is 2.41. The van der Waals surface area contributed by atoms with Crippen molar-refractivity contribution in [3.05, 3.63) is 11.2 Å². The highest BCUT2D eigenvalue weighted by Crippen LogP contribution is 2.22. The fraction of sp³-hybridized carbons (Fsp3) is 0.769. The fourth-order valence-corrected chi connectivity index (χ4v) is 2.03. The number of nitrogens with zero attached hydrogens (tertiary/aromatic N) is 1. The van der Waals surface area contributed by atoms with E-state index in [1.165, 1.54) is 6.08 Å². The normalized spacial score (nSPS) is 24.9. The van der Waals surface area contributed by atoms with Gasteiger partial charge in [0.05, 0.1) is 25.4 Å². The summed E-state index contributed by atoms with van der Waals surface area (Å²) in [6.45, 7) is 6.78. The van der Waals surface area contributed by atoms with Crippen LogP contribution in [0.3, 0.4) is 0 Å². The Balaban J connectivity index is 2.73. The molecule has 0 aliphatic carbocycles. The Kier molecular flexibility index (Phi) is 7.94. The molecule has 122 valence electrons. The molecule has 0 saturated heterocycles. The number of nitrogens with one attached hydrogen (secondary N) is 1. The minimum atomic E-state index is -1.47. The third-order valence-corrected chi connectivity index (χ3v) is 3.06. The smallest absolute Gasteiger partial charge is 0.360 e. The summed E-state index contributed by atoms with van der Waals surface area (Å²) in [6.07, 6.45) is 1.23. The first-order valence-corrected chi connectivity index (χ1v) is 7.49. The Morgan fingerprint density at radius 1 is 1.24 bits per heavy atom. The van der Waals surface area contributed by atoms with Gasteiger partial charge in [-0.2, -0.15) is 4.99 Å². The maximum Gasteiger partial charge on any atom is 0.360 e. The highest BCUT2D eigenvalue weighted by Gasteiger charge is 2.36. The van der Waals surface area contributed by atoms with Crippen molar-refractivity contribution >= 4 is 28.4 Å². The number of methoxy groups -OCH3 is 1. The second kappa shape index (κ2) is 8.92. The minimum Gasteiger partial charge on any atom is -0.379 e. The van der Waals surface area contributed by atoms with Crippen LogP contribution in [0.2, 0.25) is 0 Å². The van der Waals surface area contributed by atoms with Gasteiger partial charge in [-0.05, 0) is 20.8 Å². The average Bonchev–Trinajstić information content (AvgIpc) is 2.42. The third-order valence-electron chi connectivity index (χ3n) is 2.66. The van der Waals surface area contributed by atoms with Gasteiger partial charge in [0.1, 0.15) is 10.3 Å². The van der Waals surface area contributed by atoms with Gasteiger partial charge in [0.25, 0.3) is 0 Å². The first kappa shape index (κ1) is 18.7. The van der Waals surface area contributed by atoms with E-state index in [2.05, 4.69) is 10.3 Å². The van der Waals surface area contributed by atoms with E-state index >= 15 is 0 Å². The van der Waals surface area contributed by atoms with E-state index in [-0.39, 0.29) is 35.7 Å². The van der Waals surface area contributed by atoms with Crippen LogP contribution in [-0.2, 0) is 18.9 Å². The van der Waals surface area contributed by atoms with Crippen molar-refractivity contribution in [3.63, 3.8) is 0 Å². The lowest BCUT2D eigenvalue weighted by Crippen LogP contribution is -2.51. The van der Waals surface area contributed by atoms with Crippen LogP contribution in [0.4, 0.5) is 0 Å². The molecule has 0 radical (unpaired) electrons. The van der Waals surface area contributed by atoms with E-state index < -0.39 is 6.03 Å². The van der Waals surface area contributed by atoms with E-state index in [0.717, 1.165) is 0 Å². The number of rotatable bonds is 9. The highest BCUT2D eigenvalue weighted by atomic mass is 35.5. The van der Waals surface area contributed by atoms with Crippen LogP contribution in [0.5, 0.6) is 0 Å². The van der Waals surface area contributed by atoms with Crippen LogP contribution < -0.4 is 5.32 Å². The first-order valence-electron chi connectivity index (χ1n) is 6.73. The molecule has 0 bridgehead atoms. The molecular formula is C13H22Cl2N2O4. The maximum atomic E-state index is 5.98. The van der Waals surface area contributed by atoms with Gasteiger partial charge in [-0.25, -0.2) is 0 Å². The zero-order valence-corrected chi connectivity index (χ0v) is 14.2. The maximum absolute atomic E-state index is 5.98.